The number of hydrogen-bond donors (Lipinski definition) is 0. The highest BCUT2D eigenvalue weighted by Crippen LogP contribution is 2.20. The molecule has 0 amide bonds. The number of ether oxygens (including phenoxy) is 1. The Morgan fingerprint density at radius 2 is 1.70 bits per heavy atom. The molecule has 3 aromatic carbocycles. The average Bonchev–Trinajstić information content (AvgIpc) is 3.14. The van der Waals surface area contributed by atoms with Gasteiger partial charge in [0.2, 0.25) is 0 Å². The van der Waals surface area contributed by atoms with E-state index in [1.807, 2.05) is 42.5 Å². The van der Waals surface area contributed by atoms with Crippen LogP contribution in [-0.4, -0.2) is 16.2 Å². The summed E-state index contributed by atoms with van der Waals surface area (Å²) in [5.41, 5.74) is 4.56. The van der Waals surface area contributed by atoms with E-state index in [1.165, 1.54) is 5.56 Å². The van der Waals surface area contributed by atoms with Crippen molar-refractivity contribution in [2.75, 3.05) is 6.61 Å². The first-order valence-electron chi connectivity index (χ1n) is 10.3. The van der Waals surface area contributed by atoms with Crippen molar-refractivity contribution in [1.29, 1.82) is 0 Å². The van der Waals surface area contributed by atoms with Crippen molar-refractivity contribution in [3.8, 4) is 5.75 Å². The van der Waals surface area contributed by atoms with E-state index in [2.05, 4.69) is 54.0 Å². The van der Waals surface area contributed by atoms with Crippen LogP contribution in [-0.2, 0) is 13.0 Å². The minimum atomic E-state index is 0.665. The molecule has 0 fully saturated rings. The summed E-state index contributed by atoms with van der Waals surface area (Å²) in [5.74, 6) is 1.86. The van der Waals surface area contributed by atoms with Crippen LogP contribution in [0.15, 0.2) is 72.8 Å². The standard InChI is InChI=1S/C26H25ClN2O/c1-2-20-10-15-23(16-11-20)30-19-5-18-29-25-7-4-3-6-24(25)28-26(29)17-12-21-8-13-22(27)14-9-21/h3-4,6-17H,2,5,18-19H2,1H3/b17-12+. The van der Waals surface area contributed by atoms with E-state index >= 15 is 0 Å². The molecular formula is C26H25ClN2O. The van der Waals surface area contributed by atoms with E-state index in [9.17, 15) is 0 Å². The lowest BCUT2D eigenvalue weighted by atomic mass is 10.2. The summed E-state index contributed by atoms with van der Waals surface area (Å²) in [6, 6.07) is 24.4. The van der Waals surface area contributed by atoms with Crippen LogP contribution in [0.5, 0.6) is 5.75 Å². The zero-order valence-corrected chi connectivity index (χ0v) is 17.8. The molecule has 152 valence electrons. The molecule has 0 spiro atoms. The molecule has 0 atom stereocenters. The number of nitrogens with zero attached hydrogens (tertiary/aromatic N) is 2. The third kappa shape index (κ3) is 4.92. The maximum absolute atomic E-state index is 5.99. The first-order valence-corrected chi connectivity index (χ1v) is 10.7. The zero-order chi connectivity index (χ0) is 20.8. The summed E-state index contributed by atoms with van der Waals surface area (Å²) in [5, 5.41) is 0.740. The second kappa shape index (κ2) is 9.64. The van der Waals surface area contributed by atoms with E-state index in [4.69, 9.17) is 21.3 Å². The number of fused-ring (bicyclic) bond motifs is 1. The van der Waals surface area contributed by atoms with Gasteiger partial charge in [-0.1, -0.05) is 61.0 Å². The van der Waals surface area contributed by atoms with Crippen LogP contribution in [0.1, 0.15) is 30.3 Å². The highest BCUT2D eigenvalue weighted by Gasteiger charge is 2.08. The van der Waals surface area contributed by atoms with Crippen molar-refractivity contribution >= 4 is 34.8 Å². The molecule has 4 rings (SSSR count). The predicted molar refractivity (Wildman–Crippen MR) is 126 cm³/mol. The molecule has 4 aromatic rings. The fourth-order valence-corrected chi connectivity index (χ4v) is 3.56. The lowest BCUT2D eigenvalue weighted by Crippen LogP contribution is -2.06. The van der Waals surface area contributed by atoms with Gasteiger partial charge in [-0.25, -0.2) is 4.98 Å². The van der Waals surface area contributed by atoms with Gasteiger partial charge in [-0.3, -0.25) is 0 Å². The first kappa shape index (κ1) is 20.2. The maximum Gasteiger partial charge on any atom is 0.133 e. The van der Waals surface area contributed by atoms with E-state index < -0.39 is 0 Å². The lowest BCUT2D eigenvalue weighted by Gasteiger charge is -2.09. The molecule has 4 heteroatoms. The van der Waals surface area contributed by atoms with Gasteiger partial charge in [-0.2, -0.15) is 0 Å². The van der Waals surface area contributed by atoms with Crippen molar-refractivity contribution in [3.63, 3.8) is 0 Å². The van der Waals surface area contributed by atoms with Crippen LogP contribution >= 0.6 is 11.6 Å². The molecule has 1 heterocycles. The van der Waals surface area contributed by atoms with Gasteiger partial charge in [0.25, 0.3) is 0 Å². The minimum Gasteiger partial charge on any atom is -0.494 e. The number of halogens is 1. The first-order chi connectivity index (χ1) is 14.7. The monoisotopic (exact) mass is 416 g/mol. The Balaban J connectivity index is 1.46. The molecule has 0 N–H and O–H groups in total. The largest absolute Gasteiger partial charge is 0.494 e. The van der Waals surface area contributed by atoms with E-state index in [0.29, 0.717) is 6.61 Å². The van der Waals surface area contributed by atoms with Crippen LogP contribution in [0, 0.1) is 0 Å². The summed E-state index contributed by atoms with van der Waals surface area (Å²) in [4.78, 5) is 4.81. The summed E-state index contributed by atoms with van der Waals surface area (Å²) in [7, 11) is 0. The SMILES string of the molecule is CCc1ccc(OCCCn2c(/C=C/c3ccc(Cl)cc3)nc3ccccc32)cc1. The summed E-state index contributed by atoms with van der Waals surface area (Å²) >= 11 is 5.99. The van der Waals surface area contributed by atoms with Crippen LogP contribution in [0.25, 0.3) is 23.2 Å². The number of hydrogen-bond acceptors (Lipinski definition) is 2. The normalized spacial score (nSPS) is 11.4. The number of aryl methyl sites for hydroxylation is 2. The van der Waals surface area contributed by atoms with Gasteiger partial charge in [0, 0.05) is 11.6 Å². The van der Waals surface area contributed by atoms with Gasteiger partial charge in [0.1, 0.15) is 11.6 Å². The Bertz CT molecular complexity index is 1130. The van der Waals surface area contributed by atoms with Gasteiger partial charge >= 0.3 is 0 Å². The molecule has 0 unspecified atom stereocenters. The molecule has 0 radical (unpaired) electrons. The fourth-order valence-electron chi connectivity index (χ4n) is 3.44. The molecule has 0 aliphatic rings. The minimum absolute atomic E-state index is 0.665. The van der Waals surface area contributed by atoms with E-state index in [-0.39, 0.29) is 0 Å². The molecule has 0 bridgehead atoms. The van der Waals surface area contributed by atoms with Gasteiger partial charge in [-0.15, -0.1) is 0 Å². The van der Waals surface area contributed by atoms with E-state index in [0.717, 1.165) is 52.6 Å². The highest BCUT2D eigenvalue weighted by atomic mass is 35.5. The molecule has 0 aliphatic heterocycles. The number of imidazole rings is 1. The molecule has 0 saturated heterocycles. The molecular weight excluding hydrogens is 392 g/mol. The third-order valence-electron chi connectivity index (χ3n) is 5.11. The Morgan fingerprint density at radius 1 is 0.933 bits per heavy atom. The van der Waals surface area contributed by atoms with Crippen LogP contribution < -0.4 is 4.74 Å². The fraction of sp³-hybridized carbons (Fsp3) is 0.192. The summed E-state index contributed by atoms with van der Waals surface area (Å²) in [6.45, 7) is 3.66. The Hall–Kier alpha value is -3.04. The molecule has 3 nitrogen and oxygen atoms in total. The van der Waals surface area contributed by atoms with Gasteiger partial charge in [0.05, 0.1) is 17.6 Å². The number of para-hydroxylation sites is 2. The predicted octanol–water partition coefficient (Wildman–Crippen LogP) is 6.89. The lowest BCUT2D eigenvalue weighted by molar-refractivity contribution is 0.302. The number of benzene rings is 3. The smallest absolute Gasteiger partial charge is 0.133 e. The topological polar surface area (TPSA) is 27.1 Å². The molecule has 0 aliphatic carbocycles. The third-order valence-corrected chi connectivity index (χ3v) is 5.36. The second-order valence-electron chi connectivity index (χ2n) is 7.19. The average molecular weight is 417 g/mol. The number of aromatic nitrogens is 2. The highest BCUT2D eigenvalue weighted by molar-refractivity contribution is 6.30. The maximum atomic E-state index is 5.99. The van der Waals surface area contributed by atoms with Crippen molar-refractivity contribution < 1.29 is 4.74 Å². The van der Waals surface area contributed by atoms with Crippen LogP contribution in [0.4, 0.5) is 0 Å². The summed E-state index contributed by atoms with van der Waals surface area (Å²) in [6.07, 6.45) is 6.07. The molecule has 0 saturated carbocycles. The van der Waals surface area contributed by atoms with Gasteiger partial charge in [0.15, 0.2) is 0 Å². The Labute approximate surface area is 182 Å². The van der Waals surface area contributed by atoms with E-state index in [1.54, 1.807) is 0 Å². The van der Waals surface area contributed by atoms with Crippen LogP contribution in [0.2, 0.25) is 5.02 Å². The summed E-state index contributed by atoms with van der Waals surface area (Å²) < 4.78 is 8.19. The number of rotatable bonds is 8. The van der Waals surface area contributed by atoms with Crippen molar-refractivity contribution in [2.24, 2.45) is 0 Å². The quantitative estimate of drug-likeness (QED) is 0.292. The molecule has 1 aromatic heterocycles. The Morgan fingerprint density at radius 3 is 2.47 bits per heavy atom. The van der Waals surface area contributed by atoms with Gasteiger partial charge in [-0.05, 0) is 66.4 Å². The second-order valence-corrected chi connectivity index (χ2v) is 7.63. The van der Waals surface area contributed by atoms with Crippen molar-refractivity contribution in [2.45, 2.75) is 26.3 Å². The zero-order valence-electron chi connectivity index (χ0n) is 17.1. The van der Waals surface area contributed by atoms with Crippen molar-refractivity contribution in [1.82, 2.24) is 9.55 Å². The Kier molecular flexibility index (Phi) is 6.50. The van der Waals surface area contributed by atoms with Gasteiger partial charge < -0.3 is 9.30 Å². The van der Waals surface area contributed by atoms with Crippen molar-refractivity contribution in [3.05, 3.63) is 94.8 Å². The molecule has 30 heavy (non-hydrogen) atoms. The van der Waals surface area contributed by atoms with Crippen LogP contribution in [0.3, 0.4) is 0 Å².